The van der Waals surface area contributed by atoms with E-state index in [0.29, 0.717) is 0 Å². The maximum atomic E-state index is 10.4. The first kappa shape index (κ1) is 8.95. The zero-order chi connectivity index (χ0) is 5.98. The Kier molecular flexibility index (Phi) is 3.86. The minimum absolute atomic E-state index is 0. The molecule has 0 unspecified atom stereocenters. The molecule has 0 amide bonds. The quantitative estimate of drug-likeness (QED) is 0.506. The van der Waals surface area contributed by atoms with Crippen molar-refractivity contribution in [3.05, 3.63) is 34.2 Å². The molecule has 0 atom stereocenters. The number of H-pyrrole nitrogens is 1. The van der Waals surface area contributed by atoms with Crippen molar-refractivity contribution >= 4 is 29.6 Å². The number of hydrogen-bond donors (Lipinski definition) is 1. The summed E-state index contributed by atoms with van der Waals surface area (Å²) in [5.41, 5.74) is 1.03. The van der Waals surface area contributed by atoms with Crippen molar-refractivity contribution in [3.8, 4) is 0 Å². The van der Waals surface area contributed by atoms with Crippen LogP contribution in [-0.4, -0.2) is 34.5 Å². The Hall–Kier alpha value is -0.0500. The third kappa shape index (κ3) is 2.84. The van der Waals surface area contributed by atoms with Crippen LogP contribution in [0.1, 0.15) is 5.56 Å². The molecule has 0 aliphatic rings. The van der Waals surface area contributed by atoms with Gasteiger partial charge in [0.1, 0.15) is 0 Å². The molecule has 9 heavy (non-hydrogen) atoms. The van der Waals surface area contributed by atoms with Crippen LogP contribution in [0.5, 0.6) is 0 Å². The van der Waals surface area contributed by atoms with Crippen LogP contribution >= 0.6 is 0 Å². The molecular weight excluding hydrogens is 125 g/mol. The number of nitrogens with one attached hydrogen (secondary N) is 1. The first-order valence-corrected chi connectivity index (χ1v) is 2.44. The van der Waals surface area contributed by atoms with Gasteiger partial charge < -0.3 is 4.98 Å². The summed E-state index contributed by atoms with van der Waals surface area (Å²) in [5.74, 6) is 0. The predicted molar refractivity (Wildman–Crippen MR) is 37.6 cm³/mol. The second-order valence-electron chi connectivity index (χ2n) is 1.73. The number of rotatable bonds is 0. The molecule has 1 N–H and O–H groups in total. The fraction of sp³-hybridized carbons (Fsp3) is 0.167. The van der Waals surface area contributed by atoms with E-state index >= 15 is 0 Å². The Morgan fingerprint density at radius 1 is 1.44 bits per heavy atom. The van der Waals surface area contributed by atoms with E-state index in [-0.39, 0.29) is 35.1 Å². The third-order valence-corrected chi connectivity index (χ3v) is 0.940. The first-order valence-electron chi connectivity index (χ1n) is 2.44. The normalized spacial score (nSPS) is 8.11. The molecule has 0 aliphatic carbocycles. The van der Waals surface area contributed by atoms with Gasteiger partial charge in [0.2, 0.25) is 5.56 Å². The molecule has 3 heteroatoms. The third-order valence-electron chi connectivity index (χ3n) is 0.940. The van der Waals surface area contributed by atoms with Gasteiger partial charge in [-0.2, -0.15) is 0 Å². The molecule has 0 saturated heterocycles. The van der Waals surface area contributed by atoms with E-state index in [2.05, 4.69) is 4.98 Å². The summed E-state index contributed by atoms with van der Waals surface area (Å²) in [6.07, 6.45) is 1.68. The molecule has 2 nitrogen and oxygen atoms in total. The fourth-order valence-corrected chi connectivity index (χ4v) is 0.488. The average Bonchev–Trinajstić information content (AvgIpc) is 1.77. The van der Waals surface area contributed by atoms with Crippen LogP contribution in [0, 0.1) is 6.92 Å². The van der Waals surface area contributed by atoms with Gasteiger partial charge in [0, 0.05) is 41.8 Å². The summed E-state index contributed by atoms with van der Waals surface area (Å²) in [6, 6.07) is 3.29. The smallest absolute Gasteiger partial charge is 0.247 e. The maximum absolute atomic E-state index is 10.4. The van der Waals surface area contributed by atoms with Crippen molar-refractivity contribution in [3.63, 3.8) is 0 Å². The van der Waals surface area contributed by atoms with Crippen LogP contribution in [0.3, 0.4) is 0 Å². The molecule has 0 bridgehead atoms. The minimum Gasteiger partial charge on any atom is -0.329 e. The summed E-state index contributed by atoms with van der Waals surface area (Å²) in [4.78, 5) is 12.9. The molecule has 1 radical (unpaired) electrons. The van der Waals surface area contributed by atoms with E-state index in [1.54, 1.807) is 12.3 Å². The number of aromatic nitrogens is 1. The molecule has 0 fully saturated rings. The van der Waals surface area contributed by atoms with E-state index in [0.717, 1.165) is 5.56 Å². The van der Waals surface area contributed by atoms with E-state index < -0.39 is 0 Å². The monoisotopic (exact) mass is 132 g/mol. The Morgan fingerprint density at radius 3 is 2.44 bits per heavy atom. The van der Waals surface area contributed by atoms with Crippen LogP contribution in [-0.2, 0) is 0 Å². The Bertz CT molecular complexity index is 210. The van der Waals surface area contributed by atoms with Gasteiger partial charge in [-0.15, -0.1) is 0 Å². The number of aromatic amines is 1. The molecule has 0 spiro atoms. The van der Waals surface area contributed by atoms with E-state index in [1.807, 2.05) is 6.92 Å². The Labute approximate surface area is 75.6 Å². The van der Waals surface area contributed by atoms with E-state index in [4.69, 9.17) is 0 Å². The number of pyridine rings is 1. The summed E-state index contributed by atoms with van der Waals surface area (Å²) < 4.78 is 0. The topological polar surface area (TPSA) is 32.9 Å². The summed E-state index contributed by atoms with van der Waals surface area (Å²) in [6.45, 7) is 1.93. The predicted octanol–water partition coefficient (Wildman–Crippen LogP) is 0.303. The zero-order valence-electron chi connectivity index (χ0n) is 5.64. The molecule has 1 rings (SSSR count). The van der Waals surface area contributed by atoms with Gasteiger partial charge in [0.25, 0.3) is 0 Å². The van der Waals surface area contributed by atoms with Crippen LogP contribution in [0.25, 0.3) is 0 Å². The van der Waals surface area contributed by atoms with Crippen molar-refractivity contribution in [1.82, 2.24) is 4.98 Å². The van der Waals surface area contributed by atoms with E-state index in [9.17, 15) is 4.79 Å². The van der Waals surface area contributed by atoms with Gasteiger partial charge in [-0.05, 0) is 12.5 Å². The largest absolute Gasteiger partial charge is 0.329 e. The summed E-state index contributed by atoms with van der Waals surface area (Å²) >= 11 is 0. The second-order valence-corrected chi connectivity index (χ2v) is 1.73. The SMILES string of the molecule is Cc1ccc(=O)[nH]c1.[Na]. The van der Waals surface area contributed by atoms with Crippen molar-refractivity contribution < 1.29 is 0 Å². The van der Waals surface area contributed by atoms with Crippen molar-refractivity contribution in [1.29, 1.82) is 0 Å². The van der Waals surface area contributed by atoms with Crippen LogP contribution in [0.4, 0.5) is 0 Å². The Balaban J connectivity index is 0.000000640. The zero-order valence-corrected chi connectivity index (χ0v) is 7.64. The summed E-state index contributed by atoms with van der Waals surface area (Å²) in [5, 5.41) is 0. The molecule has 0 aromatic carbocycles. The van der Waals surface area contributed by atoms with Gasteiger partial charge in [-0.25, -0.2) is 0 Å². The average molecular weight is 132 g/mol. The summed E-state index contributed by atoms with van der Waals surface area (Å²) in [7, 11) is 0. The van der Waals surface area contributed by atoms with Crippen molar-refractivity contribution in [2.45, 2.75) is 6.92 Å². The molecule has 1 aromatic rings. The van der Waals surface area contributed by atoms with Crippen molar-refractivity contribution in [2.75, 3.05) is 0 Å². The van der Waals surface area contributed by atoms with Gasteiger partial charge in [0.05, 0.1) is 0 Å². The number of aryl methyl sites for hydroxylation is 1. The number of hydrogen-bond acceptors (Lipinski definition) is 1. The fourth-order valence-electron chi connectivity index (χ4n) is 0.488. The van der Waals surface area contributed by atoms with Crippen LogP contribution < -0.4 is 5.56 Å². The van der Waals surface area contributed by atoms with Gasteiger partial charge in [-0.1, -0.05) is 6.07 Å². The molecule has 1 aromatic heterocycles. The molecule has 0 saturated carbocycles. The van der Waals surface area contributed by atoms with Gasteiger partial charge in [0.15, 0.2) is 0 Å². The molecule has 0 aliphatic heterocycles. The first-order chi connectivity index (χ1) is 3.79. The van der Waals surface area contributed by atoms with Crippen LogP contribution in [0.15, 0.2) is 23.1 Å². The molecule has 43 valence electrons. The maximum Gasteiger partial charge on any atom is 0.247 e. The van der Waals surface area contributed by atoms with E-state index in [1.165, 1.54) is 6.07 Å². The second kappa shape index (κ2) is 3.88. The minimum atomic E-state index is -0.0457. The van der Waals surface area contributed by atoms with Gasteiger partial charge >= 0.3 is 0 Å². The standard InChI is InChI=1S/C6H7NO.Na/c1-5-2-3-6(8)7-4-5;/h2-4H,1H3,(H,7,8);. The van der Waals surface area contributed by atoms with Gasteiger partial charge in [-0.3, -0.25) is 4.79 Å². The van der Waals surface area contributed by atoms with Crippen molar-refractivity contribution in [2.24, 2.45) is 0 Å². The van der Waals surface area contributed by atoms with Crippen LogP contribution in [0.2, 0.25) is 0 Å². The molecule has 1 heterocycles. The Morgan fingerprint density at radius 2 is 2.11 bits per heavy atom. The molecular formula is C6H7NNaO.